The van der Waals surface area contributed by atoms with Crippen LogP contribution in [0.25, 0.3) is 0 Å². The lowest BCUT2D eigenvalue weighted by Crippen LogP contribution is -2.57. The summed E-state index contributed by atoms with van der Waals surface area (Å²) in [6.45, 7) is 9.36. The molecule has 1 N–H and O–H groups in total. The molecule has 4 nitrogen and oxygen atoms in total. The van der Waals surface area contributed by atoms with Crippen LogP contribution in [0.2, 0.25) is 0 Å². The standard InChI is InChI=1S/C11H22N2O2/c1-11(2,3)13-6-5-12(4)9(8-13)7-10(14)15/h9H,5-8H2,1-4H3,(H,14,15). The van der Waals surface area contributed by atoms with Gasteiger partial charge in [0.25, 0.3) is 0 Å². The predicted molar refractivity (Wildman–Crippen MR) is 60.0 cm³/mol. The van der Waals surface area contributed by atoms with Crippen LogP contribution in [0.1, 0.15) is 27.2 Å². The van der Waals surface area contributed by atoms with Crippen LogP contribution in [0.15, 0.2) is 0 Å². The van der Waals surface area contributed by atoms with E-state index in [0.29, 0.717) is 0 Å². The van der Waals surface area contributed by atoms with Gasteiger partial charge in [0.1, 0.15) is 0 Å². The number of carboxylic acids is 1. The molecule has 0 aliphatic carbocycles. The Bertz CT molecular complexity index is 235. The van der Waals surface area contributed by atoms with Crippen LogP contribution in [0.3, 0.4) is 0 Å². The largest absolute Gasteiger partial charge is 0.481 e. The Morgan fingerprint density at radius 3 is 2.47 bits per heavy atom. The van der Waals surface area contributed by atoms with Crippen molar-refractivity contribution < 1.29 is 9.90 Å². The highest BCUT2D eigenvalue weighted by Crippen LogP contribution is 2.19. The van der Waals surface area contributed by atoms with Crippen molar-refractivity contribution in [1.82, 2.24) is 9.80 Å². The normalized spacial score (nSPS) is 25.5. The highest BCUT2D eigenvalue weighted by atomic mass is 16.4. The molecule has 88 valence electrons. The molecule has 4 heteroatoms. The smallest absolute Gasteiger partial charge is 0.304 e. The van der Waals surface area contributed by atoms with Crippen LogP contribution < -0.4 is 0 Å². The van der Waals surface area contributed by atoms with E-state index in [0.717, 1.165) is 19.6 Å². The third-order valence-electron chi connectivity index (χ3n) is 3.14. The number of hydrogen-bond donors (Lipinski definition) is 1. The van der Waals surface area contributed by atoms with E-state index >= 15 is 0 Å². The molecule has 15 heavy (non-hydrogen) atoms. The van der Waals surface area contributed by atoms with E-state index in [9.17, 15) is 4.79 Å². The Kier molecular flexibility index (Phi) is 3.73. The molecular formula is C11H22N2O2. The highest BCUT2D eigenvalue weighted by Gasteiger charge is 2.31. The molecule has 0 amide bonds. The van der Waals surface area contributed by atoms with Crippen LogP contribution in [-0.4, -0.2) is 59.1 Å². The number of carbonyl (C=O) groups is 1. The highest BCUT2D eigenvalue weighted by molar-refractivity contribution is 5.67. The van der Waals surface area contributed by atoms with Gasteiger partial charge in [-0.05, 0) is 27.8 Å². The van der Waals surface area contributed by atoms with Gasteiger partial charge in [0.15, 0.2) is 0 Å². The van der Waals surface area contributed by atoms with Gasteiger partial charge in [-0.15, -0.1) is 0 Å². The Balaban J connectivity index is 2.60. The van der Waals surface area contributed by atoms with Gasteiger partial charge in [-0.2, -0.15) is 0 Å². The molecule has 0 aromatic carbocycles. The summed E-state index contributed by atoms with van der Waals surface area (Å²) in [6, 6.07) is 0.149. The molecule has 0 radical (unpaired) electrons. The van der Waals surface area contributed by atoms with Crippen molar-refractivity contribution in [3.05, 3.63) is 0 Å². The second kappa shape index (κ2) is 4.49. The molecule has 1 saturated heterocycles. The van der Waals surface area contributed by atoms with Crippen LogP contribution in [0.4, 0.5) is 0 Å². The van der Waals surface area contributed by atoms with Crippen molar-refractivity contribution in [2.75, 3.05) is 26.7 Å². The molecular weight excluding hydrogens is 192 g/mol. The van der Waals surface area contributed by atoms with Gasteiger partial charge < -0.3 is 10.0 Å². The molecule has 1 rings (SSSR count). The Morgan fingerprint density at radius 2 is 2.00 bits per heavy atom. The summed E-state index contributed by atoms with van der Waals surface area (Å²) in [7, 11) is 2.01. The lowest BCUT2D eigenvalue weighted by molar-refractivity contribution is -0.139. The molecule has 0 saturated carbocycles. The van der Waals surface area contributed by atoms with Crippen LogP contribution in [0, 0.1) is 0 Å². The van der Waals surface area contributed by atoms with Gasteiger partial charge in [0, 0.05) is 31.2 Å². The van der Waals surface area contributed by atoms with E-state index in [1.807, 2.05) is 7.05 Å². The number of rotatable bonds is 2. The molecule has 1 heterocycles. The third kappa shape index (κ3) is 3.47. The zero-order valence-electron chi connectivity index (χ0n) is 10.2. The monoisotopic (exact) mass is 214 g/mol. The quantitative estimate of drug-likeness (QED) is 0.741. The molecule has 1 unspecified atom stereocenters. The van der Waals surface area contributed by atoms with E-state index in [2.05, 4.69) is 30.6 Å². The van der Waals surface area contributed by atoms with E-state index in [1.165, 1.54) is 0 Å². The molecule has 0 aromatic heterocycles. The topological polar surface area (TPSA) is 43.8 Å². The summed E-state index contributed by atoms with van der Waals surface area (Å²) in [6.07, 6.45) is 0.239. The number of nitrogens with zero attached hydrogens (tertiary/aromatic N) is 2. The fraction of sp³-hybridized carbons (Fsp3) is 0.909. The second-order valence-electron chi connectivity index (χ2n) is 5.35. The van der Waals surface area contributed by atoms with E-state index in [-0.39, 0.29) is 18.0 Å². The lowest BCUT2D eigenvalue weighted by atomic mass is 10.0. The summed E-state index contributed by atoms with van der Waals surface area (Å²) in [5.74, 6) is -0.706. The first-order valence-electron chi connectivity index (χ1n) is 5.48. The molecule has 0 bridgehead atoms. The molecule has 1 fully saturated rings. The van der Waals surface area contributed by atoms with Crippen molar-refractivity contribution in [1.29, 1.82) is 0 Å². The minimum absolute atomic E-state index is 0.137. The van der Waals surface area contributed by atoms with Crippen molar-refractivity contribution in [3.63, 3.8) is 0 Å². The zero-order valence-corrected chi connectivity index (χ0v) is 10.2. The maximum Gasteiger partial charge on any atom is 0.304 e. The first-order valence-corrected chi connectivity index (χ1v) is 5.48. The van der Waals surface area contributed by atoms with E-state index in [1.54, 1.807) is 0 Å². The first-order chi connectivity index (χ1) is 6.80. The zero-order chi connectivity index (χ0) is 11.6. The minimum atomic E-state index is -0.706. The average Bonchev–Trinajstić information content (AvgIpc) is 2.06. The van der Waals surface area contributed by atoms with Gasteiger partial charge in [-0.25, -0.2) is 0 Å². The average molecular weight is 214 g/mol. The molecule has 0 aromatic rings. The van der Waals surface area contributed by atoms with Crippen LogP contribution in [-0.2, 0) is 4.79 Å². The van der Waals surface area contributed by atoms with Gasteiger partial charge >= 0.3 is 5.97 Å². The molecule has 1 aliphatic rings. The number of carboxylic acid groups (broad SMARTS) is 1. The van der Waals surface area contributed by atoms with Gasteiger partial charge in [0.05, 0.1) is 6.42 Å². The summed E-state index contributed by atoms with van der Waals surface area (Å²) in [4.78, 5) is 15.2. The predicted octanol–water partition coefficient (Wildman–Crippen LogP) is 0.876. The number of likely N-dealkylation sites (N-methyl/N-ethyl adjacent to an activating group) is 1. The van der Waals surface area contributed by atoms with Crippen molar-refractivity contribution in [2.45, 2.75) is 38.8 Å². The number of aliphatic carboxylic acids is 1. The van der Waals surface area contributed by atoms with Crippen molar-refractivity contribution >= 4 is 5.97 Å². The van der Waals surface area contributed by atoms with Crippen molar-refractivity contribution in [2.24, 2.45) is 0 Å². The van der Waals surface area contributed by atoms with E-state index in [4.69, 9.17) is 5.11 Å². The fourth-order valence-electron chi connectivity index (χ4n) is 1.98. The lowest BCUT2D eigenvalue weighted by Gasteiger charge is -2.45. The van der Waals surface area contributed by atoms with E-state index < -0.39 is 5.97 Å². The van der Waals surface area contributed by atoms with Gasteiger partial charge in [-0.3, -0.25) is 9.69 Å². The maximum absolute atomic E-state index is 10.7. The van der Waals surface area contributed by atoms with Crippen molar-refractivity contribution in [3.8, 4) is 0 Å². The number of piperazine rings is 1. The summed E-state index contributed by atoms with van der Waals surface area (Å²) < 4.78 is 0. The van der Waals surface area contributed by atoms with Gasteiger partial charge in [-0.1, -0.05) is 0 Å². The second-order valence-corrected chi connectivity index (χ2v) is 5.35. The first kappa shape index (κ1) is 12.5. The Morgan fingerprint density at radius 1 is 1.40 bits per heavy atom. The SMILES string of the molecule is CN1CCN(C(C)(C)C)CC1CC(=O)O. The van der Waals surface area contributed by atoms with Crippen LogP contribution >= 0.6 is 0 Å². The van der Waals surface area contributed by atoms with Crippen LogP contribution in [0.5, 0.6) is 0 Å². The minimum Gasteiger partial charge on any atom is -0.481 e. The maximum atomic E-state index is 10.7. The fourth-order valence-corrected chi connectivity index (χ4v) is 1.98. The van der Waals surface area contributed by atoms with Gasteiger partial charge in [0.2, 0.25) is 0 Å². The summed E-state index contributed by atoms with van der Waals surface area (Å²) in [5, 5.41) is 8.83. The number of hydrogen-bond acceptors (Lipinski definition) is 3. The Labute approximate surface area is 91.9 Å². The summed E-state index contributed by atoms with van der Waals surface area (Å²) in [5.41, 5.74) is 0.137. The molecule has 1 atom stereocenters. The Hall–Kier alpha value is -0.610. The molecule has 0 spiro atoms. The molecule has 1 aliphatic heterocycles. The summed E-state index contributed by atoms with van der Waals surface area (Å²) >= 11 is 0. The third-order valence-corrected chi connectivity index (χ3v) is 3.14.